The van der Waals surface area contributed by atoms with Gasteiger partial charge in [0.25, 0.3) is 5.91 Å². The monoisotopic (exact) mass is 250 g/mol. The first-order chi connectivity index (χ1) is 8.41. The number of anilines is 1. The lowest BCUT2D eigenvalue weighted by atomic mass is 10.1. The maximum absolute atomic E-state index is 11.7. The Kier molecular flexibility index (Phi) is 4.71. The van der Waals surface area contributed by atoms with Crippen molar-refractivity contribution >= 4 is 17.6 Å². The zero-order valence-electron chi connectivity index (χ0n) is 10.6. The second-order valence-corrected chi connectivity index (χ2v) is 4.36. The molecule has 1 aromatic carbocycles. The van der Waals surface area contributed by atoms with E-state index in [9.17, 15) is 9.59 Å². The normalized spacial score (nSPS) is 11.9. The maximum Gasteiger partial charge on any atom is 0.306 e. The standard InChI is InChI=1S/C13H18N2O3/c1-8-3-4-10(7-11(8)14)12(16)15-6-5-9(2)13(17)18/h3-4,7,9H,5-6,14H2,1-2H3,(H,15,16)(H,17,18). The number of carbonyl (C=O) groups is 2. The van der Waals surface area contributed by atoms with Crippen molar-refractivity contribution in [3.63, 3.8) is 0 Å². The average Bonchev–Trinajstić information content (AvgIpc) is 2.32. The van der Waals surface area contributed by atoms with Crippen molar-refractivity contribution in [2.75, 3.05) is 12.3 Å². The van der Waals surface area contributed by atoms with Gasteiger partial charge in [-0.15, -0.1) is 0 Å². The van der Waals surface area contributed by atoms with Crippen molar-refractivity contribution in [2.24, 2.45) is 5.92 Å². The van der Waals surface area contributed by atoms with Gasteiger partial charge in [-0.3, -0.25) is 9.59 Å². The van der Waals surface area contributed by atoms with Gasteiger partial charge < -0.3 is 16.2 Å². The molecule has 1 amide bonds. The van der Waals surface area contributed by atoms with Crippen molar-refractivity contribution in [1.29, 1.82) is 0 Å². The van der Waals surface area contributed by atoms with E-state index in [2.05, 4.69) is 5.32 Å². The van der Waals surface area contributed by atoms with Crippen molar-refractivity contribution in [2.45, 2.75) is 20.3 Å². The van der Waals surface area contributed by atoms with Crippen LogP contribution in [0.15, 0.2) is 18.2 Å². The van der Waals surface area contributed by atoms with E-state index in [1.165, 1.54) is 0 Å². The number of nitrogen functional groups attached to an aromatic ring is 1. The van der Waals surface area contributed by atoms with Gasteiger partial charge in [-0.25, -0.2) is 0 Å². The molecule has 0 aliphatic carbocycles. The molecular formula is C13H18N2O3. The molecule has 0 fully saturated rings. The minimum atomic E-state index is -0.858. The molecule has 0 saturated heterocycles. The van der Waals surface area contributed by atoms with E-state index >= 15 is 0 Å². The number of nitrogens with two attached hydrogens (primary N) is 1. The van der Waals surface area contributed by atoms with Crippen LogP contribution >= 0.6 is 0 Å². The maximum atomic E-state index is 11.7. The lowest BCUT2D eigenvalue weighted by Crippen LogP contribution is -2.27. The molecule has 1 aromatic rings. The topological polar surface area (TPSA) is 92.4 Å². The number of hydrogen-bond donors (Lipinski definition) is 3. The van der Waals surface area contributed by atoms with Crippen LogP contribution in [-0.2, 0) is 4.79 Å². The number of hydrogen-bond acceptors (Lipinski definition) is 3. The van der Waals surface area contributed by atoms with Crippen molar-refractivity contribution in [1.82, 2.24) is 5.32 Å². The van der Waals surface area contributed by atoms with Gasteiger partial charge in [0.15, 0.2) is 0 Å². The summed E-state index contributed by atoms with van der Waals surface area (Å²) in [5.41, 5.74) is 7.70. The SMILES string of the molecule is Cc1ccc(C(=O)NCCC(C)C(=O)O)cc1N. The van der Waals surface area contributed by atoms with Gasteiger partial charge in [-0.05, 0) is 31.0 Å². The predicted molar refractivity (Wildman–Crippen MR) is 69.3 cm³/mol. The molecule has 4 N–H and O–H groups in total. The van der Waals surface area contributed by atoms with E-state index in [0.29, 0.717) is 24.2 Å². The number of carboxylic acids is 1. The molecule has 1 atom stereocenters. The molecule has 1 rings (SSSR count). The summed E-state index contributed by atoms with van der Waals surface area (Å²) in [5, 5.41) is 11.4. The summed E-state index contributed by atoms with van der Waals surface area (Å²) in [6.07, 6.45) is 0.405. The molecule has 0 aromatic heterocycles. The third-order valence-electron chi connectivity index (χ3n) is 2.83. The summed E-state index contributed by atoms with van der Waals surface area (Å²) in [5.74, 6) is -1.56. The Morgan fingerprint density at radius 3 is 2.67 bits per heavy atom. The van der Waals surface area contributed by atoms with E-state index in [-0.39, 0.29) is 5.91 Å². The fraction of sp³-hybridized carbons (Fsp3) is 0.385. The van der Waals surface area contributed by atoms with Gasteiger partial charge >= 0.3 is 5.97 Å². The minimum Gasteiger partial charge on any atom is -0.481 e. The molecule has 0 bridgehead atoms. The van der Waals surface area contributed by atoms with Gasteiger partial charge in [0.2, 0.25) is 0 Å². The first-order valence-corrected chi connectivity index (χ1v) is 5.79. The molecule has 5 heteroatoms. The molecule has 0 radical (unpaired) electrons. The number of amides is 1. The molecule has 1 unspecified atom stereocenters. The summed E-state index contributed by atoms with van der Waals surface area (Å²) in [6.45, 7) is 3.81. The molecule has 0 spiro atoms. The van der Waals surface area contributed by atoms with Gasteiger partial charge in [-0.1, -0.05) is 13.0 Å². The Balaban J connectivity index is 2.50. The largest absolute Gasteiger partial charge is 0.481 e. The van der Waals surface area contributed by atoms with Crippen LogP contribution in [0, 0.1) is 12.8 Å². The smallest absolute Gasteiger partial charge is 0.306 e. The van der Waals surface area contributed by atoms with Crippen LogP contribution in [-0.4, -0.2) is 23.5 Å². The highest BCUT2D eigenvalue weighted by atomic mass is 16.4. The number of nitrogens with one attached hydrogen (secondary N) is 1. The number of benzene rings is 1. The van der Waals surface area contributed by atoms with Crippen LogP contribution in [0.5, 0.6) is 0 Å². The van der Waals surface area contributed by atoms with Crippen molar-refractivity contribution in [3.05, 3.63) is 29.3 Å². The summed E-state index contributed by atoms with van der Waals surface area (Å²) < 4.78 is 0. The molecule has 0 aliphatic heterocycles. The summed E-state index contributed by atoms with van der Waals surface area (Å²) >= 11 is 0. The molecule has 0 saturated carbocycles. The third kappa shape index (κ3) is 3.76. The lowest BCUT2D eigenvalue weighted by Gasteiger charge is -2.09. The fourth-order valence-electron chi connectivity index (χ4n) is 1.41. The minimum absolute atomic E-state index is 0.237. The number of aryl methyl sites for hydroxylation is 1. The van der Waals surface area contributed by atoms with Gasteiger partial charge in [-0.2, -0.15) is 0 Å². The Bertz CT molecular complexity index is 458. The Morgan fingerprint density at radius 2 is 2.11 bits per heavy atom. The van der Waals surface area contributed by atoms with Crippen molar-refractivity contribution < 1.29 is 14.7 Å². The summed E-state index contributed by atoms with van der Waals surface area (Å²) in [7, 11) is 0. The molecule has 98 valence electrons. The molecule has 5 nitrogen and oxygen atoms in total. The number of rotatable bonds is 5. The molecular weight excluding hydrogens is 232 g/mol. The quantitative estimate of drug-likeness (QED) is 0.689. The van der Waals surface area contributed by atoms with Crippen LogP contribution < -0.4 is 11.1 Å². The number of aliphatic carboxylic acids is 1. The van der Waals surface area contributed by atoms with E-state index in [0.717, 1.165) is 5.56 Å². The Labute approximate surface area is 106 Å². The zero-order valence-corrected chi connectivity index (χ0v) is 10.6. The molecule has 18 heavy (non-hydrogen) atoms. The lowest BCUT2D eigenvalue weighted by molar-refractivity contribution is -0.141. The van der Waals surface area contributed by atoms with E-state index in [4.69, 9.17) is 10.8 Å². The predicted octanol–water partition coefficient (Wildman–Crippen LogP) is 1.42. The number of carbonyl (C=O) groups excluding carboxylic acids is 1. The van der Waals surface area contributed by atoms with Crippen LogP contribution in [0.3, 0.4) is 0 Å². The summed E-state index contributed by atoms with van der Waals surface area (Å²) in [4.78, 5) is 22.3. The fourth-order valence-corrected chi connectivity index (χ4v) is 1.41. The van der Waals surface area contributed by atoms with Crippen LogP contribution in [0.1, 0.15) is 29.3 Å². The molecule has 0 aliphatic rings. The van der Waals surface area contributed by atoms with E-state index < -0.39 is 11.9 Å². The van der Waals surface area contributed by atoms with Gasteiger partial charge in [0.1, 0.15) is 0 Å². The summed E-state index contributed by atoms with van der Waals surface area (Å²) in [6, 6.07) is 5.09. The highest BCUT2D eigenvalue weighted by Crippen LogP contribution is 2.12. The van der Waals surface area contributed by atoms with Crippen LogP contribution in [0.4, 0.5) is 5.69 Å². The van der Waals surface area contributed by atoms with Gasteiger partial charge in [0, 0.05) is 17.8 Å². The zero-order chi connectivity index (χ0) is 13.7. The van der Waals surface area contributed by atoms with Crippen LogP contribution in [0.2, 0.25) is 0 Å². The average molecular weight is 250 g/mol. The highest BCUT2D eigenvalue weighted by Gasteiger charge is 2.11. The second-order valence-electron chi connectivity index (χ2n) is 4.36. The number of carboxylic acid groups (broad SMARTS) is 1. The Hall–Kier alpha value is -2.04. The van der Waals surface area contributed by atoms with Gasteiger partial charge in [0.05, 0.1) is 5.92 Å². The Morgan fingerprint density at radius 1 is 1.44 bits per heavy atom. The third-order valence-corrected chi connectivity index (χ3v) is 2.83. The molecule has 0 heterocycles. The van der Waals surface area contributed by atoms with E-state index in [1.807, 2.05) is 6.92 Å². The second kappa shape index (κ2) is 6.05. The van der Waals surface area contributed by atoms with E-state index in [1.54, 1.807) is 25.1 Å². The van der Waals surface area contributed by atoms with Crippen molar-refractivity contribution in [3.8, 4) is 0 Å². The van der Waals surface area contributed by atoms with Crippen LogP contribution in [0.25, 0.3) is 0 Å². The highest BCUT2D eigenvalue weighted by molar-refractivity contribution is 5.95. The first-order valence-electron chi connectivity index (χ1n) is 5.79. The first kappa shape index (κ1) is 14.0.